The first-order chi connectivity index (χ1) is 12.0. The molecule has 2 unspecified atom stereocenters. The highest BCUT2D eigenvalue weighted by Gasteiger charge is 2.42. The molecule has 0 radical (unpaired) electrons. The van der Waals surface area contributed by atoms with E-state index >= 15 is 0 Å². The second-order valence-corrected chi connectivity index (χ2v) is 7.49. The van der Waals surface area contributed by atoms with Crippen LogP contribution in [0.5, 0.6) is 0 Å². The fraction of sp³-hybridized carbons (Fsp3) is 0.500. The van der Waals surface area contributed by atoms with Crippen molar-refractivity contribution in [2.24, 2.45) is 11.7 Å². The van der Waals surface area contributed by atoms with Gasteiger partial charge < -0.3 is 15.5 Å². The lowest BCUT2D eigenvalue weighted by molar-refractivity contribution is -0.143. The molecule has 2 aliphatic rings. The van der Waals surface area contributed by atoms with Crippen LogP contribution in [0.3, 0.4) is 0 Å². The largest absolute Gasteiger partial charge is 0.370 e. The van der Waals surface area contributed by atoms with Crippen LogP contribution in [0.4, 0.5) is 5.69 Å². The minimum atomic E-state index is -0.666. The van der Waals surface area contributed by atoms with Gasteiger partial charge in [0.05, 0.1) is 5.69 Å². The molecule has 0 aromatic heterocycles. The maximum Gasteiger partial charge on any atom is 0.239 e. The average Bonchev–Trinajstić information content (AvgIpc) is 2.96. The SMILES string of the molecule is NC(=O)CC1CCCCN1C(=O)C1CCN(c2ccccc2Br)C1=O. The second-order valence-electron chi connectivity index (χ2n) is 6.63. The Morgan fingerprint density at radius 1 is 1.16 bits per heavy atom. The van der Waals surface area contributed by atoms with Crippen molar-refractivity contribution in [1.29, 1.82) is 0 Å². The van der Waals surface area contributed by atoms with Crippen molar-refractivity contribution < 1.29 is 14.4 Å². The first-order valence-corrected chi connectivity index (χ1v) is 9.43. The van der Waals surface area contributed by atoms with Crippen molar-refractivity contribution in [3.63, 3.8) is 0 Å². The molecule has 25 heavy (non-hydrogen) atoms. The van der Waals surface area contributed by atoms with Crippen molar-refractivity contribution in [2.75, 3.05) is 18.0 Å². The standard InChI is InChI=1S/C18H22BrN3O3/c19-14-6-1-2-7-15(14)22-10-8-13(18(22)25)17(24)21-9-4-3-5-12(21)11-16(20)23/h1-2,6-7,12-13H,3-5,8-11H2,(H2,20,23). The van der Waals surface area contributed by atoms with Crippen LogP contribution in [0.25, 0.3) is 0 Å². The summed E-state index contributed by atoms with van der Waals surface area (Å²) >= 11 is 3.46. The van der Waals surface area contributed by atoms with E-state index in [9.17, 15) is 14.4 Å². The molecule has 3 amide bonds. The normalized spacial score (nSPS) is 23.8. The van der Waals surface area contributed by atoms with Crippen LogP contribution >= 0.6 is 15.9 Å². The lowest BCUT2D eigenvalue weighted by Gasteiger charge is -2.36. The average molecular weight is 408 g/mol. The summed E-state index contributed by atoms with van der Waals surface area (Å²) in [4.78, 5) is 40.5. The molecule has 2 atom stereocenters. The molecule has 0 bridgehead atoms. The van der Waals surface area contributed by atoms with Crippen molar-refractivity contribution >= 4 is 39.3 Å². The van der Waals surface area contributed by atoms with Gasteiger partial charge in [-0.05, 0) is 53.7 Å². The number of nitrogens with zero attached hydrogens (tertiary/aromatic N) is 2. The third-order valence-corrected chi connectivity index (χ3v) is 5.66. The number of hydrogen-bond donors (Lipinski definition) is 1. The van der Waals surface area contributed by atoms with E-state index in [0.29, 0.717) is 19.5 Å². The summed E-state index contributed by atoms with van der Waals surface area (Å²) in [6.07, 6.45) is 3.31. The van der Waals surface area contributed by atoms with Gasteiger partial charge in [0.25, 0.3) is 0 Å². The predicted octanol–water partition coefficient (Wildman–Crippen LogP) is 2.06. The lowest BCUT2D eigenvalue weighted by Crippen LogP contribution is -2.49. The summed E-state index contributed by atoms with van der Waals surface area (Å²) in [5.74, 6) is -1.40. The quantitative estimate of drug-likeness (QED) is 0.775. The Bertz CT molecular complexity index is 694. The number of hydrogen-bond acceptors (Lipinski definition) is 3. The Kier molecular flexibility index (Phi) is 5.42. The fourth-order valence-electron chi connectivity index (χ4n) is 3.75. The van der Waals surface area contributed by atoms with E-state index in [2.05, 4.69) is 15.9 Å². The number of primary amides is 1. The topological polar surface area (TPSA) is 83.7 Å². The molecule has 1 aromatic carbocycles. The second kappa shape index (κ2) is 7.56. The first-order valence-electron chi connectivity index (χ1n) is 8.63. The van der Waals surface area contributed by atoms with Crippen molar-refractivity contribution in [1.82, 2.24) is 4.90 Å². The Balaban J connectivity index is 1.75. The lowest BCUT2D eigenvalue weighted by atomic mass is 9.96. The summed E-state index contributed by atoms with van der Waals surface area (Å²) in [6, 6.07) is 7.33. The predicted molar refractivity (Wildman–Crippen MR) is 97.8 cm³/mol. The van der Waals surface area contributed by atoms with Gasteiger partial charge in [0, 0.05) is 30.0 Å². The molecule has 7 heteroatoms. The monoisotopic (exact) mass is 407 g/mol. The number of rotatable bonds is 4. The van der Waals surface area contributed by atoms with Crippen LogP contribution in [0, 0.1) is 5.92 Å². The van der Waals surface area contributed by atoms with Gasteiger partial charge in [-0.3, -0.25) is 14.4 Å². The van der Waals surface area contributed by atoms with Gasteiger partial charge in [-0.2, -0.15) is 0 Å². The zero-order valence-corrected chi connectivity index (χ0v) is 15.6. The van der Waals surface area contributed by atoms with E-state index in [1.165, 1.54) is 0 Å². The summed E-state index contributed by atoms with van der Waals surface area (Å²) < 4.78 is 0.834. The molecular weight excluding hydrogens is 386 g/mol. The zero-order chi connectivity index (χ0) is 18.0. The number of nitrogens with two attached hydrogens (primary N) is 1. The molecule has 2 fully saturated rings. The highest BCUT2D eigenvalue weighted by atomic mass is 79.9. The molecule has 1 aromatic rings. The molecule has 2 heterocycles. The Labute approximate surface area is 155 Å². The molecule has 3 rings (SSSR count). The number of anilines is 1. The summed E-state index contributed by atoms with van der Waals surface area (Å²) in [6.45, 7) is 1.11. The summed E-state index contributed by atoms with van der Waals surface area (Å²) in [5, 5.41) is 0. The van der Waals surface area contributed by atoms with Crippen LogP contribution in [-0.2, 0) is 14.4 Å². The molecular formula is C18H22BrN3O3. The van der Waals surface area contributed by atoms with E-state index in [1.807, 2.05) is 24.3 Å². The van der Waals surface area contributed by atoms with Gasteiger partial charge in [0.15, 0.2) is 0 Å². The van der Waals surface area contributed by atoms with Crippen LogP contribution in [-0.4, -0.2) is 41.8 Å². The molecule has 0 saturated carbocycles. The maximum absolute atomic E-state index is 13.0. The zero-order valence-electron chi connectivity index (χ0n) is 14.0. The van der Waals surface area contributed by atoms with Crippen molar-refractivity contribution in [3.05, 3.63) is 28.7 Å². The van der Waals surface area contributed by atoms with Crippen LogP contribution < -0.4 is 10.6 Å². The van der Waals surface area contributed by atoms with E-state index in [0.717, 1.165) is 29.4 Å². The Hall–Kier alpha value is -1.89. The fourth-order valence-corrected chi connectivity index (χ4v) is 4.25. The molecule has 0 aliphatic carbocycles. The minimum Gasteiger partial charge on any atom is -0.370 e. The van der Waals surface area contributed by atoms with Gasteiger partial charge >= 0.3 is 0 Å². The molecule has 134 valence electrons. The van der Waals surface area contributed by atoms with E-state index in [1.54, 1.807) is 9.80 Å². The van der Waals surface area contributed by atoms with Crippen LogP contribution in [0.15, 0.2) is 28.7 Å². The summed E-state index contributed by atoms with van der Waals surface area (Å²) in [7, 11) is 0. The molecule has 2 aliphatic heterocycles. The third-order valence-electron chi connectivity index (χ3n) is 4.99. The van der Waals surface area contributed by atoms with Crippen LogP contribution in [0.1, 0.15) is 32.1 Å². The van der Waals surface area contributed by atoms with Gasteiger partial charge in [-0.1, -0.05) is 12.1 Å². The third kappa shape index (κ3) is 3.71. The van der Waals surface area contributed by atoms with Gasteiger partial charge in [-0.25, -0.2) is 0 Å². The number of halogens is 1. The number of carbonyl (C=O) groups is 3. The van der Waals surface area contributed by atoms with Crippen molar-refractivity contribution in [3.8, 4) is 0 Å². The molecule has 2 N–H and O–H groups in total. The molecule has 6 nitrogen and oxygen atoms in total. The van der Waals surface area contributed by atoms with Crippen molar-refractivity contribution in [2.45, 2.75) is 38.1 Å². The number of benzene rings is 1. The maximum atomic E-state index is 13.0. The summed E-state index contributed by atoms with van der Waals surface area (Å²) in [5.41, 5.74) is 6.11. The van der Waals surface area contributed by atoms with E-state index in [-0.39, 0.29) is 24.3 Å². The smallest absolute Gasteiger partial charge is 0.239 e. The number of piperidine rings is 1. The Morgan fingerprint density at radius 2 is 1.92 bits per heavy atom. The van der Waals surface area contributed by atoms with Gasteiger partial charge in [-0.15, -0.1) is 0 Å². The highest BCUT2D eigenvalue weighted by Crippen LogP contribution is 2.33. The first kappa shape index (κ1) is 17.9. The Morgan fingerprint density at radius 3 is 2.64 bits per heavy atom. The number of likely N-dealkylation sites (tertiary alicyclic amines) is 1. The molecule has 0 spiro atoms. The van der Waals surface area contributed by atoms with E-state index < -0.39 is 11.8 Å². The molecule has 2 saturated heterocycles. The van der Waals surface area contributed by atoms with Gasteiger partial charge in [0.2, 0.25) is 17.7 Å². The number of carbonyl (C=O) groups excluding carboxylic acids is 3. The number of amides is 3. The minimum absolute atomic E-state index is 0.162. The van der Waals surface area contributed by atoms with E-state index in [4.69, 9.17) is 5.73 Å². The van der Waals surface area contributed by atoms with Crippen LogP contribution in [0.2, 0.25) is 0 Å². The van der Waals surface area contributed by atoms with Gasteiger partial charge in [0.1, 0.15) is 5.92 Å². The number of para-hydroxylation sites is 1. The highest BCUT2D eigenvalue weighted by molar-refractivity contribution is 9.10.